The monoisotopic (exact) mass is 218 g/mol. The van der Waals surface area contributed by atoms with Crippen molar-refractivity contribution in [2.24, 2.45) is 0 Å². The van der Waals surface area contributed by atoms with E-state index in [0.29, 0.717) is 11.5 Å². The number of hydrogen-bond donors (Lipinski definition) is 3. The fourth-order valence-corrected chi connectivity index (χ4v) is 1.17. The molecule has 0 unspecified atom stereocenters. The number of hydrogen-bond acceptors (Lipinski definition) is 5. The number of nitrogen functional groups attached to an aromatic ring is 1. The number of aromatic amines is 1. The molecule has 2 rings (SSSR count). The van der Waals surface area contributed by atoms with Gasteiger partial charge in [-0.15, -0.1) is 0 Å². The molecule has 2 heterocycles. The average Bonchev–Trinajstić information content (AvgIpc) is 2.79. The van der Waals surface area contributed by atoms with E-state index >= 15 is 0 Å². The van der Waals surface area contributed by atoms with E-state index in [4.69, 9.17) is 5.73 Å². The lowest BCUT2D eigenvalue weighted by atomic mass is 10.3. The second-order valence-electron chi connectivity index (χ2n) is 3.06. The summed E-state index contributed by atoms with van der Waals surface area (Å²) >= 11 is 0. The Bertz CT molecular complexity index is 481. The first-order valence-corrected chi connectivity index (χ1v) is 4.60. The highest BCUT2D eigenvalue weighted by atomic mass is 16.1. The van der Waals surface area contributed by atoms with Crippen molar-refractivity contribution in [3.63, 3.8) is 0 Å². The summed E-state index contributed by atoms with van der Waals surface area (Å²) in [7, 11) is 0. The van der Waals surface area contributed by atoms with Crippen molar-refractivity contribution in [2.45, 2.75) is 6.54 Å². The maximum Gasteiger partial charge on any atom is 0.272 e. The number of nitrogens with one attached hydrogen (secondary N) is 2. The Balaban J connectivity index is 2.01. The van der Waals surface area contributed by atoms with Crippen molar-refractivity contribution in [1.29, 1.82) is 0 Å². The lowest BCUT2D eigenvalue weighted by molar-refractivity contribution is 0.0946. The molecular weight excluding hydrogens is 208 g/mol. The second kappa shape index (κ2) is 4.39. The van der Waals surface area contributed by atoms with Crippen molar-refractivity contribution in [2.75, 3.05) is 5.73 Å². The molecule has 0 spiro atoms. The summed E-state index contributed by atoms with van der Waals surface area (Å²) in [6.45, 7) is 0.259. The van der Waals surface area contributed by atoms with Gasteiger partial charge >= 0.3 is 0 Å². The number of carbonyl (C=O) groups is 1. The molecule has 0 aliphatic heterocycles. The number of nitrogens with zero attached hydrogens (tertiary/aromatic N) is 3. The van der Waals surface area contributed by atoms with Crippen LogP contribution >= 0.6 is 0 Å². The summed E-state index contributed by atoms with van der Waals surface area (Å²) < 4.78 is 0. The minimum absolute atomic E-state index is 0.210. The topological polar surface area (TPSA) is 110 Å². The van der Waals surface area contributed by atoms with E-state index < -0.39 is 0 Å². The Morgan fingerprint density at radius 2 is 2.38 bits per heavy atom. The van der Waals surface area contributed by atoms with Crippen molar-refractivity contribution in [3.8, 4) is 0 Å². The van der Waals surface area contributed by atoms with E-state index in [1.165, 1.54) is 12.5 Å². The molecule has 0 atom stereocenters. The van der Waals surface area contributed by atoms with Gasteiger partial charge < -0.3 is 11.1 Å². The summed E-state index contributed by atoms with van der Waals surface area (Å²) in [5, 5.41) is 8.92. The van der Waals surface area contributed by atoms with E-state index in [-0.39, 0.29) is 18.1 Å². The number of carbonyl (C=O) groups excluding carboxylic acids is 1. The van der Waals surface area contributed by atoms with Gasteiger partial charge in [-0.25, -0.2) is 9.97 Å². The lowest BCUT2D eigenvalue weighted by Crippen LogP contribution is -2.25. The summed E-state index contributed by atoms with van der Waals surface area (Å²) in [5.74, 6) is 0.234. The zero-order valence-corrected chi connectivity index (χ0v) is 8.34. The van der Waals surface area contributed by atoms with Crippen LogP contribution in [0.4, 0.5) is 5.69 Å². The first-order chi connectivity index (χ1) is 7.77. The lowest BCUT2D eigenvalue weighted by Gasteiger charge is -2.04. The van der Waals surface area contributed by atoms with Crippen molar-refractivity contribution in [3.05, 3.63) is 36.2 Å². The van der Waals surface area contributed by atoms with Crippen LogP contribution in [0.1, 0.15) is 16.3 Å². The third-order valence-corrected chi connectivity index (χ3v) is 1.94. The molecule has 0 fully saturated rings. The molecule has 4 N–H and O–H groups in total. The number of H-pyrrole nitrogens is 1. The quantitative estimate of drug-likeness (QED) is 0.655. The second-order valence-corrected chi connectivity index (χ2v) is 3.06. The molecule has 7 nitrogen and oxygen atoms in total. The number of nitrogens with two attached hydrogens (primary N) is 1. The van der Waals surface area contributed by atoms with Gasteiger partial charge in [-0.2, -0.15) is 5.10 Å². The molecule has 82 valence electrons. The van der Waals surface area contributed by atoms with E-state index in [9.17, 15) is 4.79 Å². The molecule has 0 bridgehead atoms. The van der Waals surface area contributed by atoms with Crippen LogP contribution in [0.5, 0.6) is 0 Å². The predicted octanol–water partition coefficient (Wildman–Crippen LogP) is -0.288. The Hall–Kier alpha value is -2.44. The van der Waals surface area contributed by atoms with Crippen molar-refractivity contribution >= 4 is 11.6 Å². The molecule has 0 aliphatic carbocycles. The van der Waals surface area contributed by atoms with Gasteiger partial charge in [0.25, 0.3) is 5.91 Å². The number of anilines is 1. The first-order valence-electron chi connectivity index (χ1n) is 4.60. The van der Waals surface area contributed by atoms with Crippen LogP contribution in [0.2, 0.25) is 0 Å². The zero-order valence-electron chi connectivity index (χ0n) is 8.34. The SMILES string of the molecule is Nc1cccnc1C(=O)NCc1ncn[nH]1. The molecule has 16 heavy (non-hydrogen) atoms. The van der Waals surface area contributed by atoms with Gasteiger partial charge in [-0.05, 0) is 12.1 Å². The van der Waals surface area contributed by atoms with Crippen LogP contribution in [0, 0.1) is 0 Å². The molecule has 0 radical (unpaired) electrons. The Labute approximate surface area is 91.1 Å². The first kappa shape index (κ1) is 10.1. The predicted molar refractivity (Wildman–Crippen MR) is 56.2 cm³/mol. The normalized spacial score (nSPS) is 10.0. The fourth-order valence-electron chi connectivity index (χ4n) is 1.17. The smallest absolute Gasteiger partial charge is 0.272 e. The van der Waals surface area contributed by atoms with Gasteiger partial charge in [0, 0.05) is 6.20 Å². The van der Waals surface area contributed by atoms with E-state index in [2.05, 4.69) is 25.5 Å². The highest BCUT2D eigenvalue weighted by molar-refractivity contribution is 5.96. The maximum absolute atomic E-state index is 11.6. The van der Waals surface area contributed by atoms with Gasteiger partial charge in [-0.1, -0.05) is 0 Å². The van der Waals surface area contributed by atoms with E-state index in [1.807, 2.05) is 0 Å². The minimum Gasteiger partial charge on any atom is -0.397 e. The van der Waals surface area contributed by atoms with Crippen LogP contribution in [0.3, 0.4) is 0 Å². The van der Waals surface area contributed by atoms with Crippen LogP contribution in [0.15, 0.2) is 24.7 Å². The van der Waals surface area contributed by atoms with Crippen LogP contribution in [-0.2, 0) is 6.54 Å². The average molecular weight is 218 g/mol. The molecule has 0 saturated carbocycles. The molecular formula is C9H10N6O. The third-order valence-electron chi connectivity index (χ3n) is 1.94. The Kier molecular flexibility index (Phi) is 2.77. The molecule has 0 aliphatic rings. The van der Waals surface area contributed by atoms with Gasteiger partial charge in [-0.3, -0.25) is 9.89 Å². The summed E-state index contributed by atoms with van der Waals surface area (Å²) in [5.41, 5.74) is 6.17. The number of rotatable bonds is 3. The maximum atomic E-state index is 11.6. The van der Waals surface area contributed by atoms with Crippen LogP contribution < -0.4 is 11.1 Å². The number of pyridine rings is 1. The molecule has 0 saturated heterocycles. The zero-order chi connectivity index (χ0) is 11.4. The molecule has 1 amide bonds. The molecule has 0 aromatic carbocycles. The number of amides is 1. The van der Waals surface area contributed by atoms with Gasteiger partial charge in [0.2, 0.25) is 0 Å². The van der Waals surface area contributed by atoms with Crippen molar-refractivity contribution in [1.82, 2.24) is 25.5 Å². The molecule has 7 heteroatoms. The van der Waals surface area contributed by atoms with Gasteiger partial charge in [0.15, 0.2) is 5.69 Å². The van der Waals surface area contributed by atoms with Crippen LogP contribution in [-0.4, -0.2) is 26.1 Å². The van der Waals surface area contributed by atoms with E-state index in [0.717, 1.165) is 0 Å². The summed E-state index contributed by atoms with van der Waals surface area (Å²) in [4.78, 5) is 19.4. The standard InChI is InChI=1S/C9H10N6O/c10-6-2-1-3-11-8(6)9(16)12-4-7-13-5-14-15-7/h1-3,5H,4,10H2,(H,12,16)(H,13,14,15). The molecule has 2 aromatic rings. The van der Waals surface area contributed by atoms with Gasteiger partial charge in [0.05, 0.1) is 12.2 Å². The third kappa shape index (κ3) is 2.14. The van der Waals surface area contributed by atoms with Crippen LogP contribution in [0.25, 0.3) is 0 Å². The largest absolute Gasteiger partial charge is 0.397 e. The molecule has 2 aromatic heterocycles. The van der Waals surface area contributed by atoms with Crippen molar-refractivity contribution < 1.29 is 4.79 Å². The van der Waals surface area contributed by atoms with Gasteiger partial charge in [0.1, 0.15) is 12.2 Å². The fraction of sp³-hybridized carbons (Fsp3) is 0.111. The highest BCUT2D eigenvalue weighted by Crippen LogP contribution is 2.06. The summed E-state index contributed by atoms with van der Waals surface area (Å²) in [6, 6.07) is 3.29. The minimum atomic E-state index is -0.338. The summed E-state index contributed by atoms with van der Waals surface area (Å²) in [6.07, 6.45) is 2.89. The number of aromatic nitrogens is 4. The Morgan fingerprint density at radius 1 is 1.50 bits per heavy atom. The van der Waals surface area contributed by atoms with E-state index in [1.54, 1.807) is 12.1 Å². The highest BCUT2D eigenvalue weighted by Gasteiger charge is 2.10. The Morgan fingerprint density at radius 3 is 3.06 bits per heavy atom.